The summed E-state index contributed by atoms with van der Waals surface area (Å²) in [6, 6.07) is 5.85. The lowest BCUT2D eigenvalue weighted by Gasteiger charge is -2.34. The number of rotatable bonds is 9. The highest BCUT2D eigenvalue weighted by molar-refractivity contribution is 9.09. The molecule has 1 spiro atoms. The van der Waals surface area contributed by atoms with Crippen molar-refractivity contribution in [2.24, 2.45) is 11.8 Å². The molecule has 6 atom stereocenters. The van der Waals surface area contributed by atoms with E-state index in [1.807, 2.05) is 0 Å². The summed E-state index contributed by atoms with van der Waals surface area (Å²) in [4.78, 5) is 41.5. The number of carbonyl (C=O) groups is 3. The molecule has 1 aromatic rings. The maximum absolute atomic E-state index is 13.6. The summed E-state index contributed by atoms with van der Waals surface area (Å²) in [5.74, 6) is -2.61. The average Bonchev–Trinajstić information content (AvgIpc) is 3.36. The number of nitrogens with one attached hydrogen (secondary N) is 1. The van der Waals surface area contributed by atoms with Gasteiger partial charge in [-0.25, -0.2) is 0 Å². The number of hydrogen-bond donors (Lipinski definition) is 2. The third-order valence-corrected chi connectivity index (χ3v) is 7.86. The van der Waals surface area contributed by atoms with Crippen molar-refractivity contribution in [3.05, 3.63) is 29.3 Å². The maximum atomic E-state index is 13.6. The molecule has 3 fully saturated rings. The molecule has 4 rings (SSSR count). The second-order valence-corrected chi connectivity index (χ2v) is 10.3. The Balaban J connectivity index is 1.66. The second-order valence-electron chi connectivity index (χ2n) is 8.73. The van der Waals surface area contributed by atoms with E-state index in [2.05, 4.69) is 21.2 Å². The van der Waals surface area contributed by atoms with Gasteiger partial charge in [-0.1, -0.05) is 27.5 Å². The normalized spacial score (nSPS) is 32.2. The van der Waals surface area contributed by atoms with Crippen LogP contribution in [0.2, 0.25) is 5.02 Å². The van der Waals surface area contributed by atoms with Crippen LogP contribution < -0.4 is 5.32 Å². The number of halogens is 2. The van der Waals surface area contributed by atoms with Crippen LogP contribution in [0, 0.1) is 11.8 Å². The lowest BCUT2D eigenvalue weighted by atomic mass is 9.70. The number of carbonyl (C=O) groups excluding carboxylic acids is 3. The Morgan fingerprint density at radius 1 is 1.30 bits per heavy atom. The van der Waals surface area contributed by atoms with E-state index < -0.39 is 35.6 Å². The lowest BCUT2D eigenvalue weighted by molar-refractivity contribution is -0.154. The van der Waals surface area contributed by atoms with E-state index in [9.17, 15) is 14.4 Å². The van der Waals surface area contributed by atoms with Crippen molar-refractivity contribution < 1.29 is 29.0 Å². The molecule has 0 saturated carbocycles. The molecule has 2 bridgehead atoms. The van der Waals surface area contributed by atoms with Crippen molar-refractivity contribution in [3.8, 4) is 0 Å². The zero-order valence-electron chi connectivity index (χ0n) is 18.3. The predicted octanol–water partition coefficient (Wildman–Crippen LogP) is 2.75. The van der Waals surface area contributed by atoms with Crippen LogP contribution in [0.1, 0.15) is 32.6 Å². The topological polar surface area (TPSA) is 105 Å². The molecule has 0 radical (unpaired) electrons. The Labute approximate surface area is 206 Å². The minimum Gasteiger partial charge on any atom is -0.466 e. The summed E-state index contributed by atoms with van der Waals surface area (Å²) in [6.45, 7) is 2.34. The minimum absolute atomic E-state index is 0.0714. The molecule has 3 aliphatic rings. The molecule has 10 heteroatoms. The monoisotopic (exact) mass is 542 g/mol. The molecule has 8 nitrogen and oxygen atoms in total. The third kappa shape index (κ3) is 4.29. The van der Waals surface area contributed by atoms with E-state index in [1.54, 1.807) is 36.1 Å². The molecule has 1 aromatic carbocycles. The predicted molar refractivity (Wildman–Crippen MR) is 125 cm³/mol. The number of likely N-dealkylation sites (tertiary alicyclic amines) is 1. The van der Waals surface area contributed by atoms with Gasteiger partial charge < -0.3 is 24.8 Å². The lowest BCUT2D eigenvalue weighted by Crippen LogP contribution is -2.54. The molecule has 33 heavy (non-hydrogen) atoms. The van der Waals surface area contributed by atoms with E-state index >= 15 is 0 Å². The van der Waals surface area contributed by atoms with Gasteiger partial charge in [-0.05, 0) is 56.9 Å². The van der Waals surface area contributed by atoms with Crippen LogP contribution >= 0.6 is 27.5 Å². The summed E-state index contributed by atoms with van der Waals surface area (Å²) in [6.07, 6.45) is 1.88. The van der Waals surface area contributed by atoms with Gasteiger partial charge in [-0.3, -0.25) is 14.4 Å². The van der Waals surface area contributed by atoms with Gasteiger partial charge in [0.05, 0.1) is 24.5 Å². The highest BCUT2D eigenvalue weighted by Crippen LogP contribution is 2.60. The van der Waals surface area contributed by atoms with Crippen LogP contribution in [0.3, 0.4) is 0 Å². The summed E-state index contributed by atoms with van der Waals surface area (Å²) in [7, 11) is 0. The van der Waals surface area contributed by atoms with Crippen LogP contribution in [-0.2, 0) is 23.9 Å². The Hall–Kier alpha value is -1.68. The molecule has 3 unspecified atom stereocenters. The van der Waals surface area contributed by atoms with Gasteiger partial charge in [0.15, 0.2) is 0 Å². The van der Waals surface area contributed by atoms with Crippen molar-refractivity contribution in [3.63, 3.8) is 0 Å². The smallest absolute Gasteiger partial charge is 0.312 e. The number of aliphatic hydroxyl groups excluding tert-OH is 1. The van der Waals surface area contributed by atoms with Crippen molar-refractivity contribution in [2.45, 2.75) is 55.2 Å². The highest BCUT2D eigenvalue weighted by Gasteiger charge is 2.76. The van der Waals surface area contributed by atoms with Gasteiger partial charge in [-0.15, -0.1) is 0 Å². The number of aliphatic hydroxyl groups is 1. The van der Waals surface area contributed by atoms with Gasteiger partial charge >= 0.3 is 5.97 Å². The molecule has 2 N–H and O–H groups in total. The molecule has 3 aliphatic heterocycles. The fraction of sp³-hybridized carbons (Fsp3) is 0.609. The van der Waals surface area contributed by atoms with Gasteiger partial charge in [0.1, 0.15) is 11.6 Å². The number of unbranched alkanes of at least 4 members (excludes halogenated alkanes) is 2. The second kappa shape index (κ2) is 9.90. The Bertz CT molecular complexity index is 915. The molecule has 180 valence electrons. The molecule has 0 aromatic heterocycles. The zero-order chi connectivity index (χ0) is 23.8. The fourth-order valence-electron chi connectivity index (χ4n) is 5.49. The van der Waals surface area contributed by atoms with Gasteiger partial charge in [0.25, 0.3) is 0 Å². The SMILES string of the molecule is CCOC(=O)[C@H]1[C@H]2C(=O)N(CCCCCO)C(C(=O)Nc3ccc(Cl)cc3)C23CC(Br)[C@@H]1O3. The molecule has 3 saturated heterocycles. The number of alkyl halides is 1. The Morgan fingerprint density at radius 2 is 2.03 bits per heavy atom. The Kier molecular flexibility index (Phi) is 7.33. The number of anilines is 1. The van der Waals surface area contributed by atoms with Gasteiger partial charge in [0, 0.05) is 28.7 Å². The average molecular weight is 544 g/mol. The number of amides is 2. The van der Waals surface area contributed by atoms with Gasteiger partial charge in [-0.2, -0.15) is 0 Å². The first-order chi connectivity index (χ1) is 15.8. The van der Waals surface area contributed by atoms with E-state index in [0.29, 0.717) is 36.5 Å². The van der Waals surface area contributed by atoms with E-state index in [4.69, 9.17) is 26.2 Å². The largest absolute Gasteiger partial charge is 0.466 e. The van der Waals surface area contributed by atoms with Crippen LogP contribution in [0.25, 0.3) is 0 Å². The van der Waals surface area contributed by atoms with E-state index in [1.165, 1.54) is 0 Å². The summed E-state index contributed by atoms with van der Waals surface area (Å²) < 4.78 is 11.6. The molecular weight excluding hydrogens is 516 g/mol. The summed E-state index contributed by atoms with van der Waals surface area (Å²) in [5, 5.41) is 12.5. The minimum atomic E-state index is -1.11. The first kappa shape index (κ1) is 24.4. The van der Waals surface area contributed by atoms with Crippen molar-refractivity contribution in [1.29, 1.82) is 0 Å². The molecule has 3 heterocycles. The maximum Gasteiger partial charge on any atom is 0.312 e. The molecular formula is C23H28BrClN2O6. The number of hydrogen-bond acceptors (Lipinski definition) is 6. The van der Waals surface area contributed by atoms with Crippen molar-refractivity contribution >= 4 is 51.0 Å². The fourth-order valence-corrected chi connectivity index (χ4v) is 6.56. The number of benzene rings is 1. The number of ether oxygens (including phenoxy) is 2. The van der Waals surface area contributed by atoms with Gasteiger partial charge in [0.2, 0.25) is 11.8 Å². The van der Waals surface area contributed by atoms with Crippen LogP contribution in [0.4, 0.5) is 5.69 Å². The zero-order valence-corrected chi connectivity index (χ0v) is 20.7. The van der Waals surface area contributed by atoms with Crippen LogP contribution in [0.5, 0.6) is 0 Å². The quantitative estimate of drug-likeness (QED) is 0.282. The van der Waals surface area contributed by atoms with Crippen molar-refractivity contribution in [1.82, 2.24) is 4.90 Å². The Morgan fingerprint density at radius 3 is 2.70 bits per heavy atom. The third-order valence-electron chi connectivity index (χ3n) is 6.77. The van der Waals surface area contributed by atoms with Crippen molar-refractivity contribution in [2.75, 3.05) is 25.1 Å². The number of fused-ring (bicyclic) bond motifs is 1. The van der Waals surface area contributed by atoms with Crippen LogP contribution in [-0.4, -0.2) is 70.1 Å². The molecule has 0 aliphatic carbocycles. The number of esters is 1. The summed E-state index contributed by atoms with van der Waals surface area (Å²) >= 11 is 9.57. The first-order valence-corrected chi connectivity index (χ1v) is 12.6. The highest BCUT2D eigenvalue weighted by atomic mass is 79.9. The first-order valence-electron chi connectivity index (χ1n) is 11.3. The standard InChI is InChI=1S/C23H28BrClN2O6/c1-2-32-22(31)16-17-21(30)27(10-4-3-5-11-28)19(23(17)12-15(24)18(16)33-23)20(29)26-14-8-6-13(25)7-9-14/h6-9,15-19,28H,2-5,10-12H2,1H3,(H,26,29)/t15?,16-,17-,18-,19?,23?/m0/s1. The van der Waals surface area contributed by atoms with Crippen LogP contribution in [0.15, 0.2) is 24.3 Å². The summed E-state index contributed by atoms with van der Waals surface area (Å²) in [5.41, 5.74) is -0.553. The van der Waals surface area contributed by atoms with E-state index in [-0.39, 0.29) is 29.9 Å². The van der Waals surface area contributed by atoms with E-state index in [0.717, 1.165) is 6.42 Å². The molecule has 2 amide bonds. The number of nitrogens with zero attached hydrogens (tertiary/aromatic N) is 1.